The van der Waals surface area contributed by atoms with Gasteiger partial charge in [0, 0.05) is 26.1 Å². The van der Waals surface area contributed by atoms with Crippen LogP contribution in [-0.4, -0.2) is 49.2 Å². The van der Waals surface area contributed by atoms with E-state index in [0.29, 0.717) is 23.8 Å². The summed E-state index contributed by atoms with van der Waals surface area (Å²) in [5, 5.41) is 0. The number of rotatable bonds is 3. The summed E-state index contributed by atoms with van der Waals surface area (Å²) in [6.45, 7) is 4.64. The maximum atomic E-state index is 12.9. The molecular weight excluding hydrogens is 300 g/mol. The van der Waals surface area contributed by atoms with E-state index in [-0.39, 0.29) is 18.0 Å². The van der Waals surface area contributed by atoms with Crippen molar-refractivity contribution >= 4 is 15.9 Å². The molecule has 0 N–H and O–H groups in total. The van der Waals surface area contributed by atoms with Crippen molar-refractivity contribution < 1.29 is 13.2 Å². The van der Waals surface area contributed by atoms with Crippen molar-refractivity contribution in [1.82, 2.24) is 9.21 Å². The van der Waals surface area contributed by atoms with Crippen molar-refractivity contribution in [1.29, 1.82) is 0 Å². The number of likely N-dealkylation sites (tertiary alicyclic amines) is 1. The number of likely N-dealkylation sites (N-methyl/N-ethyl adjacent to an activating group) is 1. The van der Waals surface area contributed by atoms with Gasteiger partial charge in [-0.2, -0.15) is 4.31 Å². The monoisotopic (exact) mass is 322 g/mol. The molecule has 0 bridgehead atoms. The first-order valence-electron chi connectivity index (χ1n) is 7.70. The summed E-state index contributed by atoms with van der Waals surface area (Å²) < 4.78 is 27.3. The fourth-order valence-corrected chi connectivity index (χ4v) is 5.13. The average Bonchev–Trinajstić information content (AvgIpc) is 3.01. The Morgan fingerprint density at radius 1 is 1.14 bits per heavy atom. The number of sulfonamides is 1. The zero-order valence-corrected chi connectivity index (χ0v) is 14.0. The molecule has 6 heteroatoms. The summed E-state index contributed by atoms with van der Waals surface area (Å²) in [6.07, 6.45) is 1.01. The first kappa shape index (κ1) is 15.5. The fraction of sp³-hybridized carbons (Fsp3) is 0.562. The second-order valence-electron chi connectivity index (χ2n) is 6.47. The van der Waals surface area contributed by atoms with Crippen LogP contribution < -0.4 is 0 Å². The molecular formula is C16H22N2O3S. The van der Waals surface area contributed by atoms with Gasteiger partial charge in [-0.25, -0.2) is 8.42 Å². The maximum Gasteiger partial charge on any atom is 0.243 e. The quantitative estimate of drug-likeness (QED) is 0.853. The van der Waals surface area contributed by atoms with Crippen LogP contribution in [0.3, 0.4) is 0 Å². The minimum absolute atomic E-state index is 0.0252. The van der Waals surface area contributed by atoms with Crippen molar-refractivity contribution in [2.24, 2.45) is 0 Å². The van der Waals surface area contributed by atoms with E-state index in [1.165, 1.54) is 4.31 Å². The molecule has 0 saturated carbocycles. The standard InChI is InChI=1S/C16H22N2O3S/c1-11(2)12-4-6-13(7-5-12)22(20,21)18-9-8-14-15(18)10-16(19)17(14)3/h4-7,11,14-15H,8-10H2,1-3H3/t14-,15+/m1/s1. The normalized spacial score (nSPS) is 26.0. The molecule has 3 rings (SSSR count). The van der Waals surface area contributed by atoms with Gasteiger partial charge in [-0.1, -0.05) is 26.0 Å². The minimum atomic E-state index is -3.53. The predicted molar refractivity (Wildman–Crippen MR) is 84.0 cm³/mol. The first-order valence-corrected chi connectivity index (χ1v) is 9.14. The van der Waals surface area contributed by atoms with Crippen LogP contribution in [0.25, 0.3) is 0 Å². The van der Waals surface area contributed by atoms with E-state index >= 15 is 0 Å². The number of nitrogens with zero attached hydrogens (tertiary/aromatic N) is 2. The van der Waals surface area contributed by atoms with Gasteiger partial charge in [0.05, 0.1) is 10.9 Å². The third-order valence-corrected chi connectivity index (χ3v) is 6.83. The highest BCUT2D eigenvalue weighted by molar-refractivity contribution is 7.89. The van der Waals surface area contributed by atoms with Crippen molar-refractivity contribution in [2.45, 2.75) is 49.6 Å². The second kappa shape index (κ2) is 5.35. The lowest BCUT2D eigenvalue weighted by Crippen LogP contribution is -2.38. The predicted octanol–water partition coefficient (Wildman–Crippen LogP) is 1.80. The topological polar surface area (TPSA) is 57.7 Å². The van der Waals surface area contributed by atoms with E-state index in [1.807, 2.05) is 12.1 Å². The molecule has 2 fully saturated rings. The SMILES string of the molecule is CC(C)c1ccc(S(=O)(=O)N2CC[C@@H]3[C@@H]2CC(=O)N3C)cc1. The van der Waals surface area contributed by atoms with Gasteiger partial charge < -0.3 is 4.90 Å². The molecule has 1 amide bonds. The molecule has 2 aliphatic rings. The highest BCUT2D eigenvalue weighted by atomic mass is 32.2. The van der Waals surface area contributed by atoms with Gasteiger partial charge in [0.2, 0.25) is 15.9 Å². The highest BCUT2D eigenvalue weighted by Gasteiger charge is 2.49. The molecule has 0 spiro atoms. The van der Waals surface area contributed by atoms with Crippen LogP contribution in [0, 0.1) is 0 Å². The fourth-order valence-electron chi connectivity index (χ4n) is 3.47. The number of benzene rings is 1. The molecule has 2 atom stereocenters. The number of fused-ring (bicyclic) bond motifs is 1. The molecule has 0 aliphatic carbocycles. The lowest BCUT2D eigenvalue weighted by molar-refractivity contribution is -0.127. The van der Waals surface area contributed by atoms with Crippen LogP contribution in [0.5, 0.6) is 0 Å². The third kappa shape index (κ3) is 2.34. The summed E-state index contributed by atoms with van der Waals surface area (Å²) in [7, 11) is -1.76. The van der Waals surface area contributed by atoms with Crippen molar-refractivity contribution in [2.75, 3.05) is 13.6 Å². The molecule has 22 heavy (non-hydrogen) atoms. The maximum absolute atomic E-state index is 12.9. The van der Waals surface area contributed by atoms with E-state index in [2.05, 4.69) is 13.8 Å². The Bertz CT molecular complexity index is 682. The molecule has 5 nitrogen and oxygen atoms in total. The first-order chi connectivity index (χ1) is 10.3. The van der Waals surface area contributed by atoms with Gasteiger partial charge in [-0.05, 0) is 30.0 Å². The van der Waals surface area contributed by atoms with E-state index in [1.54, 1.807) is 24.1 Å². The van der Waals surface area contributed by atoms with Gasteiger partial charge in [-0.15, -0.1) is 0 Å². The zero-order valence-electron chi connectivity index (χ0n) is 13.2. The summed E-state index contributed by atoms with van der Waals surface area (Å²) in [6, 6.07) is 6.91. The summed E-state index contributed by atoms with van der Waals surface area (Å²) in [4.78, 5) is 13.8. The Kier molecular flexibility index (Phi) is 3.77. The smallest absolute Gasteiger partial charge is 0.243 e. The lowest BCUT2D eigenvalue weighted by atomic mass is 10.0. The van der Waals surface area contributed by atoms with Gasteiger partial charge >= 0.3 is 0 Å². The number of amides is 1. The molecule has 0 radical (unpaired) electrons. The van der Waals surface area contributed by atoms with Crippen LogP contribution in [0.2, 0.25) is 0 Å². The van der Waals surface area contributed by atoms with Gasteiger partial charge in [-0.3, -0.25) is 4.79 Å². The molecule has 1 aromatic rings. The molecule has 2 saturated heterocycles. The van der Waals surface area contributed by atoms with Gasteiger partial charge in [0.25, 0.3) is 0 Å². The molecule has 2 aliphatic heterocycles. The molecule has 2 heterocycles. The van der Waals surface area contributed by atoms with E-state index < -0.39 is 10.0 Å². The Morgan fingerprint density at radius 2 is 1.77 bits per heavy atom. The van der Waals surface area contributed by atoms with Crippen molar-refractivity contribution in [3.05, 3.63) is 29.8 Å². The van der Waals surface area contributed by atoms with Crippen LogP contribution in [0.15, 0.2) is 29.2 Å². The number of hydrogen-bond acceptors (Lipinski definition) is 3. The van der Waals surface area contributed by atoms with Crippen LogP contribution in [0.4, 0.5) is 0 Å². The number of carbonyl (C=O) groups is 1. The highest BCUT2D eigenvalue weighted by Crippen LogP contribution is 2.35. The zero-order chi connectivity index (χ0) is 16.1. The van der Waals surface area contributed by atoms with Crippen LogP contribution in [-0.2, 0) is 14.8 Å². The Morgan fingerprint density at radius 3 is 2.36 bits per heavy atom. The van der Waals surface area contributed by atoms with E-state index in [9.17, 15) is 13.2 Å². The lowest BCUT2D eigenvalue weighted by Gasteiger charge is -2.23. The van der Waals surface area contributed by atoms with Crippen molar-refractivity contribution in [3.63, 3.8) is 0 Å². The van der Waals surface area contributed by atoms with Gasteiger partial charge in [0.15, 0.2) is 0 Å². The summed E-state index contributed by atoms with van der Waals surface area (Å²) >= 11 is 0. The molecule has 1 aromatic carbocycles. The van der Waals surface area contributed by atoms with Crippen molar-refractivity contribution in [3.8, 4) is 0 Å². The Labute approximate surface area is 132 Å². The second-order valence-corrected chi connectivity index (χ2v) is 8.36. The van der Waals surface area contributed by atoms with E-state index in [4.69, 9.17) is 0 Å². The Hall–Kier alpha value is -1.40. The molecule has 0 unspecified atom stereocenters. The number of carbonyl (C=O) groups excluding carboxylic acids is 1. The van der Waals surface area contributed by atoms with E-state index in [0.717, 1.165) is 12.0 Å². The Balaban J connectivity index is 1.89. The van der Waals surface area contributed by atoms with Gasteiger partial charge in [0.1, 0.15) is 0 Å². The minimum Gasteiger partial charge on any atom is -0.341 e. The van der Waals surface area contributed by atoms with Crippen LogP contribution in [0.1, 0.15) is 38.2 Å². The largest absolute Gasteiger partial charge is 0.341 e. The number of hydrogen-bond donors (Lipinski definition) is 0. The molecule has 120 valence electrons. The van der Waals surface area contributed by atoms with Crippen LogP contribution >= 0.6 is 0 Å². The average molecular weight is 322 g/mol. The molecule has 0 aromatic heterocycles. The summed E-state index contributed by atoms with van der Waals surface area (Å²) in [5.74, 6) is 0.402. The third-order valence-electron chi connectivity index (χ3n) is 4.89. The summed E-state index contributed by atoms with van der Waals surface area (Å²) in [5.41, 5.74) is 1.12.